The number of fused-ring (bicyclic) bond motifs is 1. The number of nitrogens with zero attached hydrogens (tertiary/aromatic N) is 2. The third kappa shape index (κ3) is 1.07. The van der Waals surface area contributed by atoms with Crippen LogP contribution in [0, 0.1) is 0 Å². The van der Waals surface area contributed by atoms with E-state index in [1.165, 1.54) is 24.0 Å². The maximum Gasteiger partial charge on any atom is 0.0908 e. The minimum Gasteiger partial charge on any atom is -0.305 e. The molecule has 1 aliphatic carbocycles. The van der Waals surface area contributed by atoms with Crippen molar-refractivity contribution in [2.75, 3.05) is 0 Å². The van der Waals surface area contributed by atoms with Crippen LogP contribution in [0.25, 0.3) is 0 Å². The van der Waals surface area contributed by atoms with Crippen molar-refractivity contribution < 1.29 is 0 Å². The average Bonchev–Trinajstić information content (AvgIpc) is 2.53. The summed E-state index contributed by atoms with van der Waals surface area (Å²) in [4.78, 5) is 0. The van der Waals surface area contributed by atoms with Crippen LogP contribution in [0.2, 0.25) is 0 Å². The molecular weight excluding hydrogens is 150 g/mol. The predicted octanol–water partition coefficient (Wildman–Crippen LogP) is 2.13. The summed E-state index contributed by atoms with van der Waals surface area (Å²) >= 11 is 0. The molecule has 0 aliphatic heterocycles. The molecule has 0 amide bonds. The van der Waals surface area contributed by atoms with Crippen LogP contribution in [-0.4, -0.2) is 0 Å². The van der Waals surface area contributed by atoms with Crippen molar-refractivity contribution in [1.29, 1.82) is 0 Å². The van der Waals surface area contributed by atoms with E-state index in [2.05, 4.69) is 16.4 Å². The van der Waals surface area contributed by atoms with Crippen molar-refractivity contribution in [2.45, 2.75) is 19.3 Å². The predicted molar refractivity (Wildman–Crippen MR) is 47.2 cm³/mol. The molecule has 0 radical (unpaired) electrons. The lowest BCUT2D eigenvalue weighted by Gasteiger charge is -2.00. The Morgan fingerprint density at radius 3 is 3.00 bits per heavy atom. The van der Waals surface area contributed by atoms with E-state index in [1.807, 2.05) is 12.1 Å². The number of nitrogens with two attached hydrogens (primary N) is 1. The number of hydrogen-bond acceptors (Lipinski definition) is 2. The molecule has 62 valence electrons. The Morgan fingerprint density at radius 2 is 2.17 bits per heavy atom. The Bertz CT molecular complexity index is 318. The van der Waals surface area contributed by atoms with Crippen molar-refractivity contribution in [1.82, 2.24) is 0 Å². The number of hydrogen-bond donors (Lipinski definition) is 1. The highest BCUT2D eigenvalue weighted by Gasteiger charge is 2.13. The molecule has 2 N–H and O–H groups in total. The molecule has 2 rings (SSSR count). The van der Waals surface area contributed by atoms with Gasteiger partial charge in [0.1, 0.15) is 0 Å². The summed E-state index contributed by atoms with van der Waals surface area (Å²) in [6.07, 6.45) is 3.51. The van der Waals surface area contributed by atoms with Crippen LogP contribution in [0.1, 0.15) is 17.5 Å². The Balaban J connectivity index is 2.49. The fourth-order valence-corrected chi connectivity index (χ4v) is 1.76. The second-order valence-corrected chi connectivity index (χ2v) is 2.98. The van der Waals surface area contributed by atoms with Crippen molar-refractivity contribution in [3.05, 3.63) is 29.3 Å². The highest BCUT2D eigenvalue weighted by Crippen LogP contribution is 2.30. The van der Waals surface area contributed by atoms with Crippen molar-refractivity contribution in [3.8, 4) is 0 Å². The Hall–Kier alpha value is -1.38. The summed E-state index contributed by atoms with van der Waals surface area (Å²) in [7, 11) is 0. The Morgan fingerprint density at radius 1 is 1.25 bits per heavy atom. The monoisotopic (exact) mass is 161 g/mol. The average molecular weight is 161 g/mol. The van der Waals surface area contributed by atoms with Gasteiger partial charge >= 0.3 is 0 Å². The summed E-state index contributed by atoms with van der Waals surface area (Å²) in [6.45, 7) is 0. The zero-order valence-corrected chi connectivity index (χ0v) is 6.83. The van der Waals surface area contributed by atoms with E-state index < -0.39 is 0 Å². The highest BCUT2D eigenvalue weighted by atomic mass is 15.3. The molecule has 0 heterocycles. The molecule has 0 spiro atoms. The van der Waals surface area contributed by atoms with Gasteiger partial charge in [0.05, 0.1) is 5.69 Å². The fourth-order valence-electron chi connectivity index (χ4n) is 1.76. The third-order valence-electron chi connectivity index (χ3n) is 2.29. The molecule has 0 unspecified atom stereocenters. The van der Waals surface area contributed by atoms with E-state index in [9.17, 15) is 0 Å². The van der Waals surface area contributed by atoms with Gasteiger partial charge in [0, 0.05) is 0 Å². The van der Waals surface area contributed by atoms with Gasteiger partial charge in [0.15, 0.2) is 0 Å². The first-order valence-corrected chi connectivity index (χ1v) is 4.13. The van der Waals surface area contributed by atoms with Gasteiger partial charge in [-0.3, -0.25) is 0 Å². The largest absolute Gasteiger partial charge is 0.305 e. The molecule has 0 atom stereocenters. The molecule has 1 aromatic carbocycles. The minimum atomic E-state index is 0.938. The molecule has 1 aliphatic rings. The molecule has 0 aromatic heterocycles. The van der Waals surface area contributed by atoms with E-state index >= 15 is 0 Å². The van der Waals surface area contributed by atoms with Gasteiger partial charge in [-0.15, -0.1) is 5.11 Å². The summed E-state index contributed by atoms with van der Waals surface area (Å²) < 4.78 is 0. The number of aryl methyl sites for hydroxylation is 1. The van der Waals surface area contributed by atoms with E-state index in [1.54, 1.807) is 0 Å². The van der Waals surface area contributed by atoms with Crippen LogP contribution in [0.15, 0.2) is 28.5 Å². The maximum absolute atomic E-state index is 5.01. The number of benzene rings is 1. The lowest BCUT2D eigenvalue weighted by molar-refractivity contribution is 0.910. The van der Waals surface area contributed by atoms with Crippen LogP contribution in [0.3, 0.4) is 0 Å². The summed E-state index contributed by atoms with van der Waals surface area (Å²) in [5.74, 6) is 5.01. The van der Waals surface area contributed by atoms with Gasteiger partial charge < -0.3 is 5.84 Å². The number of rotatable bonds is 1. The van der Waals surface area contributed by atoms with E-state index in [0.29, 0.717) is 0 Å². The van der Waals surface area contributed by atoms with Crippen LogP contribution < -0.4 is 5.84 Å². The van der Waals surface area contributed by atoms with Gasteiger partial charge in [-0.25, -0.2) is 0 Å². The van der Waals surface area contributed by atoms with Crippen molar-refractivity contribution in [3.63, 3.8) is 0 Å². The molecule has 3 heteroatoms. The highest BCUT2D eigenvalue weighted by molar-refractivity contribution is 5.51. The Labute approximate surface area is 71.3 Å². The summed E-state index contributed by atoms with van der Waals surface area (Å²) in [5.41, 5.74) is 3.67. The normalized spacial score (nSPS) is 15.3. The molecule has 0 saturated heterocycles. The van der Waals surface area contributed by atoms with Crippen LogP contribution in [0.4, 0.5) is 5.69 Å². The topological polar surface area (TPSA) is 50.7 Å². The smallest absolute Gasteiger partial charge is 0.0908 e. The van der Waals surface area contributed by atoms with Crippen LogP contribution >= 0.6 is 0 Å². The van der Waals surface area contributed by atoms with E-state index in [4.69, 9.17) is 5.84 Å². The van der Waals surface area contributed by atoms with E-state index in [0.717, 1.165) is 12.1 Å². The molecule has 0 fully saturated rings. The van der Waals surface area contributed by atoms with Crippen LogP contribution in [-0.2, 0) is 12.8 Å². The summed E-state index contributed by atoms with van der Waals surface area (Å²) in [5, 5.41) is 7.19. The van der Waals surface area contributed by atoms with Gasteiger partial charge in [-0.05, 0) is 36.5 Å². The quantitative estimate of drug-likeness (QED) is 0.383. The van der Waals surface area contributed by atoms with Crippen LogP contribution in [0.5, 0.6) is 0 Å². The molecule has 0 saturated carbocycles. The Kier molecular flexibility index (Phi) is 1.78. The zero-order chi connectivity index (χ0) is 8.39. The minimum absolute atomic E-state index is 0.938. The molecule has 12 heavy (non-hydrogen) atoms. The molecule has 3 nitrogen and oxygen atoms in total. The standard InChI is InChI=1S/C9H11N3/c10-12-11-9-6-2-4-7-3-1-5-8(7)9/h2,4,6H,1,3,5H2,(H2,10,11). The molecule has 0 bridgehead atoms. The SMILES string of the molecule is NN=Nc1cccc2c1CCC2. The molecule has 1 aromatic rings. The van der Waals surface area contributed by atoms with Gasteiger partial charge in [-0.2, -0.15) is 0 Å². The fraction of sp³-hybridized carbons (Fsp3) is 0.333. The van der Waals surface area contributed by atoms with Gasteiger partial charge in [0.2, 0.25) is 0 Å². The summed E-state index contributed by atoms with van der Waals surface area (Å²) in [6, 6.07) is 6.12. The molecular formula is C9H11N3. The van der Waals surface area contributed by atoms with Gasteiger partial charge in [0.25, 0.3) is 0 Å². The first-order chi connectivity index (χ1) is 5.92. The maximum atomic E-state index is 5.01. The second-order valence-electron chi connectivity index (χ2n) is 2.98. The lowest BCUT2D eigenvalue weighted by Crippen LogP contribution is -1.82. The zero-order valence-electron chi connectivity index (χ0n) is 6.83. The lowest BCUT2D eigenvalue weighted by atomic mass is 10.1. The van der Waals surface area contributed by atoms with Crippen molar-refractivity contribution >= 4 is 5.69 Å². The van der Waals surface area contributed by atoms with E-state index in [-0.39, 0.29) is 0 Å². The van der Waals surface area contributed by atoms with Gasteiger partial charge in [-0.1, -0.05) is 17.4 Å². The first kappa shape index (κ1) is 7.28. The second kappa shape index (κ2) is 2.93. The van der Waals surface area contributed by atoms with Crippen molar-refractivity contribution in [2.24, 2.45) is 16.2 Å². The first-order valence-electron chi connectivity index (χ1n) is 4.13. The third-order valence-corrected chi connectivity index (χ3v) is 2.29.